The van der Waals surface area contributed by atoms with E-state index in [-0.39, 0.29) is 0 Å². The topological polar surface area (TPSA) is 48.0 Å². The zero-order valence-corrected chi connectivity index (χ0v) is 14.2. The SMILES string of the molecule is NC(=O)c1cccc2c1c1ccc(C(F)(F)F)cc1n2Cc1ccsc1. The third-order valence-corrected chi connectivity index (χ3v) is 5.14. The Morgan fingerprint density at radius 1 is 1.12 bits per heavy atom. The minimum atomic E-state index is -4.44. The summed E-state index contributed by atoms with van der Waals surface area (Å²) < 4.78 is 41.4. The van der Waals surface area contributed by atoms with Crippen molar-refractivity contribution in [1.82, 2.24) is 4.57 Å². The van der Waals surface area contributed by atoms with E-state index in [0.29, 0.717) is 33.9 Å². The molecule has 3 nitrogen and oxygen atoms in total. The second kappa shape index (κ2) is 5.88. The molecule has 0 radical (unpaired) electrons. The highest BCUT2D eigenvalue weighted by atomic mass is 32.1. The number of carbonyl (C=O) groups is 1. The number of primary amides is 1. The molecule has 132 valence electrons. The van der Waals surface area contributed by atoms with Crippen LogP contribution in [0.15, 0.2) is 53.2 Å². The molecule has 0 saturated carbocycles. The van der Waals surface area contributed by atoms with E-state index < -0.39 is 17.6 Å². The number of alkyl halides is 3. The standard InChI is InChI=1S/C19H13F3N2OS/c20-19(21,22)12-4-5-13-16(8-12)24(9-11-6-7-26-10-11)15-3-1-2-14(17(13)15)18(23)25/h1-8,10H,9H2,(H2,23,25). The van der Waals surface area contributed by atoms with Gasteiger partial charge in [0.1, 0.15) is 0 Å². The van der Waals surface area contributed by atoms with E-state index in [9.17, 15) is 18.0 Å². The van der Waals surface area contributed by atoms with Crippen LogP contribution in [0.5, 0.6) is 0 Å². The number of nitrogens with zero attached hydrogens (tertiary/aromatic N) is 1. The summed E-state index contributed by atoms with van der Waals surface area (Å²) >= 11 is 1.52. The first-order valence-corrected chi connectivity index (χ1v) is 8.73. The van der Waals surface area contributed by atoms with E-state index in [0.717, 1.165) is 17.7 Å². The molecule has 2 N–H and O–H groups in total. The molecule has 7 heteroatoms. The summed E-state index contributed by atoms with van der Waals surface area (Å²) in [5, 5.41) is 5.03. The lowest BCUT2D eigenvalue weighted by atomic mass is 10.0. The molecule has 0 aliphatic rings. The van der Waals surface area contributed by atoms with Crippen molar-refractivity contribution in [2.45, 2.75) is 12.7 Å². The maximum absolute atomic E-state index is 13.2. The monoisotopic (exact) mass is 374 g/mol. The van der Waals surface area contributed by atoms with Crippen molar-refractivity contribution in [3.63, 3.8) is 0 Å². The minimum absolute atomic E-state index is 0.302. The predicted molar refractivity (Wildman–Crippen MR) is 96.4 cm³/mol. The van der Waals surface area contributed by atoms with Gasteiger partial charge >= 0.3 is 6.18 Å². The molecule has 2 aromatic heterocycles. The van der Waals surface area contributed by atoms with Gasteiger partial charge in [0.2, 0.25) is 5.91 Å². The van der Waals surface area contributed by atoms with Crippen LogP contribution in [0.2, 0.25) is 0 Å². The van der Waals surface area contributed by atoms with Crippen LogP contribution in [0.25, 0.3) is 21.8 Å². The van der Waals surface area contributed by atoms with Crippen molar-refractivity contribution in [2.75, 3.05) is 0 Å². The Kier molecular flexibility index (Phi) is 3.77. The lowest BCUT2D eigenvalue weighted by molar-refractivity contribution is -0.137. The second-order valence-electron chi connectivity index (χ2n) is 6.01. The highest BCUT2D eigenvalue weighted by Gasteiger charge is 2.31. The number of thiophene rings is 1. The molecular weight excluding hydrogens is 361 g/mol. The van der Waals surface area contributed by atoms with Crippen molar-refractivity contribution in [2.24, 2.45) is 5.73 Å². The van der Waals surface area contributed by atoms with Crippen molar-refractivity contribution < 1.29 is 18.0 Å². The zero-order chi connectivity index (χ0) is 18.5. The van der Waals surface area contributed by atoms with E-state index >= 15 is 0 Å². The summed E-state index contributed by atoms with van der Waals surface area (Å²) in [4.78, 5) is 11.8. The molecule has 0 aliphatic heterocycles. The zero-order valence-electron chi connectivity index (χ0n) is 13.4. The first-order chi connectivity index (χ1) is 12.4. The van der Waals surface area contributed by atoms with E-state index in [2.05, 4.69) is 0 Å². The van der Waals surface area contributed by atoms with Crippen molar-refractivity contribution in [3.8, 4) is 0 Å². The van der Waals surface area contributed by atoms with Gasteiger partial charge in [-0.3, -0.25) is 4.79 Å². The van der Waals surface area contributed by atoms with Crippen LogP contribution in [0, 0.1) is 0 Å². The molecular formula is C19H13F3N2OS. The van der Waals surface area contributed by atoms with Gasteiger partial charge in [-0.1, -0.05) is 12.1 Å². The summed E-state index contributed by atoms with van der Waals surface area (Å²) in [6, 6.07) is 10.6. The molecule has 2 aromatic carbocycles. The number of hydrogen-bond acceptors (Lipinski definition) is 2. The van der Waals surface area contributed by atoms with Crippen LogP contribution in [-0.2, 0) is 12.7 Å². The molecule has 0 spiro atoms. The van der Waals surface area contributed by atoms with Crippen molar-refractivity contribution >= 4 is 39.0 Å². The normalized spacial score (nSPS) is 12.1. The van der Waals surface area contributed by atoms with Gasteiger partial charge in [0, 0.05) is 22.9 Å². The maximum atomic E-state index is 13.2. The Morgan fingerprint density at radius 3 is 2.58 bits per heavy atom. The molecule has 0 atom stereocenters. The second-order valence-corrected chi connectivity index (χ2v) is 6.79. The van der Waals surface area contributed by atoms with Gasteiger partial charge in [-0.05, 0) is 46.7 Å². The fourth-order valence-corrected chi connectivity index (χ4v) is 3.92. The number of nitrogens with two attached hydrogens (primary N) is 1. The highest BCUT2D eigenvalue weighted by molar-refractivity contribution is 7.07. The fourth-order valence-electron chi connectivity index (χ4n) is 3.26. The number of halogens is 3. The number of hydrogen-bond donors (Lipinski definition) is 1. The average molecular weight is 374 g/mol. The van der Waals surface area contributed by atoms with Gasteiger partial charge in [0.25, 0.3) is 0 Å². The summed E-state index contributed by atoms with van der Waals surface area (Å²) in [6.45, 7) is 0.410. The van der Waals surface area contributed by atoms with Gasteiger partial charge in [-0.2, -0.15) is 24.5 Å². The van der Waals surface area contributed by atoms with Gasteiger partial charge in [0.05, 0.1) is 16.6 Å². The largest absolute Gasteiger partial charge is 0.416 e. The minimum Gasteiger partial charge on any atom is -0.366 e. The molecule has 1 amide bonds. The van der Waals surface area contributed by atoms with Gasteiger partial charge in [-0.15, -0.1) is 0 Å². The van der Waals surface area contributed by atoms with E-state index in [1.54, 1.807) is 22.8 Å². The van der Waals surface area contributed by atoms with Crippen LogP contribution in [-0.4, -0.2) is 10.5 Å². The molecule has 0 fully saturated rings. The predicted octanol–water partition coefficient (Wildman–Crippen LogP) is 5.02. The summed E-state index contributed by atoms with van der Waals surface area (Å²) in [6.07, 6.45) is -4.44. The highest BCUT2D eigenvalue weighted by Crippen LogP contribution is 2.37. The molecule has 0 saturated heterocycles. The van der Waals surface area contributed by atoms with Gasteiger partial charge in [0.15, 0.2) is 0 Å². The molecule has 26 heavy (non-hydrogen) atoms. The number of aromatic nitrogens is 1. The average Bonchev–Trinajstić information content (AvgIpc) is 3.21. The summed E-state index contributed by atoms with van der Waals surface area (Å²) in [5.74, 6) is -0.606. The van der Waals surface area contributed by atoms with Crippen molar-refractivity contribution in [1.29, 1.82) is 0 Å². The molecule has 0 unspecified atom stereocenters. The number of carbonyl (C=O) groups excluding carboxylic acids is 1. The van der Waals surface area contributed by atoms with Crippen LogP contribution in [0.3, 0.4) is 0 Å². The Bertz CT molecular complexity index is 1130. The Labute approximate surface area is 150 Å². The van der Waals surface area contributed by atoms with Gasteiger partial charge < -0.3 is 10.3 Å². The number of fused-ring (bicyclic) bond motifs is 3. The Morgan fingerprint density at radius 2 is 1.92 bits per heavy atom. The maximum Gasteiger partial charge on any atom is 0.416 e. The van der Waals surface area contributed by atoms with Crippen molar-refractivity contribution in [3.05, 3.63) is 69.9 Å². The summed E-state index contributed by atoms with van der Waals surface area (Å²) in [5.41, 5.74) is 7.16. The van der Waals surface area contributed by atoms with Gasteiger partial charge in [-0.25, -0.2) is 0 Å². The number of rotatable bonds is 3. The summed E-state index contributed by atoms with van der Waals surface area (Å²) in [7, 11) is 0. The quantitative estimate of drug-likeness (QED) is 0.538. The Balaban J connectivity index is 2.09. The fraction of sp³-hybridized carbons (Fsp3) is 0.105. The number of benzene rings is 2. The van der Waals surface area contributed by atoms with Crippen LogP contribution in [0.1, 0.15) is 21.5 Å². The van der Waals surface area contributed by atoms with Crippen LogP contribution in [0.4, 0.5) is 13.2 Å². The van der Waals surface area contributed by atoms with E-state index in [1.165, 1.54) is 17.4 Å². The third kappa shape index (κ3) is 2.64. The molecule has 2 heterocycles. The molecule has 4 rings (SSSR count). The third-order valence-electron chi connectivity index (χ3n) is 4.40. The van der Waals surface area contributed by atoms with Crippen LogP contribution >= 0.6 is 11.3 Å². The Hall–Kier alpha value is -2.80. The van der Waals surface area contributed by atoms with Crippen LogP contribution < -0.4 is 5.73 Å². The molecule has 0 aliphatic carbocycles. The molecule has 0 bridgehead atoms. The first kappa shape index (κ1) is 16.7. The first-order valence-electron chi connectivity index (χ1n) is 7.79. The van der Waals surface area contributed by atoms with E-state index in [4.69, 9.17) is 5.73 Å². The smallest absolute Gasteiger partial charge is 0.366 e. The van der Waals surface area contributed by atoms with E-state index in [1.807, 2.05) is 16.8 Å². The lowest BCUT2D eigenvalue weighted by Crippen LogP contribution is -2.11. The lowest BCUT2D eigenvalue weighted by Gasteiger charge is -2.09. The number of amides is 1. The molecule has 4 aromatic rings.